The molecule has 1 atom stereocenters. The Morgan fingerprint density at radius 1 is 1.31 bits per heavy atom. The standard InChI is InChI=1S/C19H15Cl2F3N4O3S/c20-13-2-1-3-15(17(13)21)32(30,31)11-5-7-28(10-11)18-12(9-26-16(8-25)27-18)14(29)4-6-19(22,23)24/h1-3,9,11H,4-7,10H2/t11-/m0/s1. The number of carbonyl (C=O) groups is 1. The van der Waals surface area contributed by atoms with Crippen LogP contribution in [-0.2, 0) is 9.84 Å². The highest BCUT2D eigenvalue weighted by molar-refractivity contribution is 7.92. The van der Waals surface area contributed by atoms with Crippen LogP contribution in [0.25, 0.3) is 0 Å². The Kier molecular flexibility index (Phi) is 6.97. The van der Waals surface area contributed by atoms with E-state index < -0.39 is 39.9 Å². The number of Topliss-reactive ketones (excluding diaryl/α,β-unsaturated/α-hetero) is 1. The summed E-state index contributed by atoms with van der Waals surface area (Å²) in [4.78, 5) is 21.4. The Morgan fingerprint density at radius 3 is 2.69 bits per heavy atom. The number of carbonyl (C=O) groups excluding carboxylic acids is 1. The number of aromatic nitrogens is 2. The maximum Gasteiger partial charge on any atom is 0.389 e. The summed E-state index contributed by atoms with van der Waals surface area (Å²) in [5, 5.41) is 8.12. The highest BCUT2D eigenvalue weighted by Gasteiger charge is 2.38. The normalized spacial score (nSPS) is 16.8. The van der Waals surface area contributed by atoms with Gasteiger partial charge >= 0.3 is 6.18 Å². The van der Waals surface area contributed by atoms with Gasteiger partial charge in [-0.1, -0.05) is 29.3 Å². The highest BCUT2D eigenvalue weighted by Crippen LogP contribution is 2.35. The van der Waals surface area contributed by atoms with Crippen LogP contribution in [0.3, 0.4) is 0 Å². The van der Waals surface area contributed by atoms with Gasteiger partial charge in [-0.25, -0.2) is 18.4 Å². The van der Waals surface area contributed by atoms with Crippen LogP contribution in [0, 0.1) is 11.3 Å². The number of rotatable bonds is 6. The van der Waals surface area contributed by atoms with Crippen LogP contribution in [0.15, 0.2) is 29.3 Å². The number of anilines is 1. The fraction of sp³-hybridized carbons (Fsp3) is 0.368. The summed E-state index contributed by atoms with van der Waals surface area (Å²) in [5.74, 6) is -1.22. The van der Waals surface area contributed by atoms with Gasteiger partial charge in [0.1, 0.15) is 11.9 Å². The second-order valence-electron chi connectivity index (χ2n) is 7.03. The van der Waals surface area contributed by atoms with E-state index in [1.165, 1.54) is 23.1 Å². The third kappa shape index (κ3) is 5.14. The molecule has 1 aromatic carbocycles. The molecule has 0 N–H and O–H groups in total. The van der Waals surface area contributed by atoms with Crippen LogP contribution in [0.1, 0.15) is 35.4 Å². The van der Waals surface area contributed by atoms with Crippen LogP contribution in [0.2, 0.25) is 10.0 Å². The molecule has 0 aliphatic carbocycles. The van der Waals surface area contributed by atoms with Gasteiger partial charge in [-0.3, -0.25) is 4.79 Å². The molecule has 0 radical (unpaired) electrons. The first kappa shape index (κ1) is 24.2. The number of alkyl halides is 3. The molecule has 0 amide bonds. The minimum absolute atomic E-state index is 0.0707. The van der Waals surface area contributed by atoms with Crippen molar-refractivity contribution in [3.8, 4) is 6.07 Å². The minimum Gasteiger partial charge on any atom is -0.355 e. The lowest BCUT2D eigenvalue weighted by Crippen LogP contribution is -2.29. The van der Waals surface area contributed by atoms with Gasteiger partial charge in [-0.05, 0) is 18.6 Å². The van der Waals surface area contributed by atoms with E-state index in [9.17, 15) is 26.4 Å². The van der Waals surface area contributed by atoms with Crippen molar-refractivity contribution in [1.82, 2.24) is 9.97 Å². The largest absolute Gasteiger partial charge is 0.389 e. The lowest BCUT2D eigenvalue weighted by atomic mass is 10.1. The topological polar surface area (TPSA) is 104 Å². The molecule has 13 heteroatoms. The molecule has 2 heterocycles. The van der Waals surface area contributed by atoms with Gasteiger partial charge in [-0.15, -0.1) is 0 Å². The predicted octanol–water partition coefficient (Wildman–Crippen LogP) is 4.23. The third-order valence-corrected chi connectivity index (χ3v) is 8.06. The van der Waals surface area contributed by atoms with E-state index in [-0.39, 0.29) is 51.7 Å². The number of ketones is 1. The van der Waals surface area contributed by atoms with Crippen molar-refractivity contribution in [2.45, 2.75) is 35.6 Å². The first-order chi connectivity index (χ1) is 14.9. The molecule has 1 fully saturated rings. The maximum absolute atomic E-state index is 13.1. The number of sulfone groups is 1. The van der Waals surface area contributed by atoms with Crippen molar-refractivity contribution < 1.29 is 26.4 Å². The van der Waals surface area contributed by atoms with Crippen LogP contribution in [0.4, 0.5) is 19.0 Å². The van der Waals surface area contributed by atoms with Gasteiger partial charge in [0, 0.05) is 25.7 Å². The van der Waals surface area contributed by atoms with Gasteiger partial charge < -0.3 is 4.90 Å². The lowest BCUT2D eigenvalue weighted by Gasteiger charge is -2.20. The monoisotopic (exact) mass is 506 g/mol. The molecule has 32 heavy (non-hydrogen) atoms. The lowest BCUT2D eigenvalue weighted by molar-refractivity contribution is -0.133. The molecule has 0 spiro atoms. The molecule has 1 saturated heterocycles. The molecule has 1 aromatic heterocycles. The average Bonchev–Trinajstić information content (AvgIpc) is 3.24. The van der Waals surface area contributed by atoms with E-state index in [4.69, 9.17) is 28.5 Å². The molecule has 0 bridgehead atoms. The number of hydrogen-bond donors (Lipinski definition) is 0. The van der Waals surface area contributed by atoms with E-state index in [0.29, 0.717) is 0 Å². The Hall–Kier alpha value is -2.42. The molecule has 1 aliphatic rings. The summed E-state index contributed by atoms with van der Waals surface area (Å²) in [5.41, 5.74) is -0.202. The zero-order valence-corrected chi connectivity index (χ0v) is 18.6. The minimum atomic E-state index is -4.52. The van der Waals surface area contributed by atoms with E-state index in [1.807, 2.05) is 0 Å². The van der Waals surface area contributed by atoms with Gasteiger partial charge in [0.2, 0.25) is 5.82 Å². The van der Waals surface area contributed by atoms with Crippen molar-refractivity contribution in [2.75, 3.05) is 18.0 Å². The summed E-state index contributed by atoms with van der Waals surface area (Å²) in [7, 11) is -3.91. The van der Waals surface area contributed by atoms with Gasteiger partial charge in [-0.2, -0.15) is 18.4 Å². The summed E-state index contributed by atoms with van der Waals surface area (Å²) in [6, 6.07) is 5.94. The van der Waals surface area contributed by atoms with Crippen molar-refractivity contribution in [3.63, 3.8) is 0 Å². The molecule has 2 aromatic rings. The Balaban J connectivity index is 1.90. The summed E-state index contributed by atoms with van der Waals surface area (Å²) in [6.07, 6.45) is -5.52. The molecule has 0 unspecified atom stereocenters. The van der Waals surface area contributed by atoms with Gasteiger partial charge in [0.05, 0.1) is 32.2 Å². The molecule has 0 saturated carbocycles. The third-order valence-electron chi connectivity index (χ3n) is 4.91. The molecular weight excluding hydrogens is 492 g/mol. The number of halogens is 5. The molecule has 3 rings (SSSR count). The molecule has 1 aliphatic heterocycles. The first-order valence-corrected chi connectivity index (χ1v) is 11.5. The number of nitrogens with zero attached hydrogens (tertiary/aromatic N) is 4. The quantitative estimate of drug-likeness (QED) is 0.539. The van der Waals surface area contributed by atoms with Crippen LogP contribution < -0.4 is 4.90 Å². The predicted molar refractivity (Wildman–Crippen MR) is 111 cm³/mol. The van der Waals surface area contributed by atoms with E-state index in [2.05, 4.69) is 9.97 Å². The van der Waals surface area contributed by atoms with Crippen molar-refractivity contribution in [3.05, 3.63) is 45.8 Å². The second-order valence-corrected chi connectivity index (χ2v) is 10.0. The fourth-order valence-electron chi connectivity index (χ4n) is 3.31. The van der Waals surface area contributed by atoms with Crippen LogP contribution in [-0.4, -0.2) is 48.7 Å². The Morgan fingerprint density at radius 2 is 2.03 bits per heavy atom. The molecule has 7 nitrogen and oxygen atoms in total. The van der Waals surface area contributed by atoms with Crippen molar-refractivity contribution in [1.29, 1.82) is 5.26 Å². The summed E-state index contributed by atoms with van der Waals surface area (Å²) >= 11 is 12.0. The summed E-state index contributed by atoms with van der Waals surface area (Å²) in [6.45, 7) is 0.0378. The van der Waals surface area contributed by atoms with Gasteiger partial charge in [0.15, 0.2) is 15.6 Å². The van der Waals surface area contributed by atoms with E-state index >= 15 is 0 Å². The molecular formula is C19H15Cl2F3N4O3S. The molecule has 170 valence electrons. The summed E-state index contributed by atoms with van der Waals surface area (Å²) < 4.78 is 63.8. The van der Waals surface area contributed by atoms with E-state index in [0.717, 1.165) is 6.20 Å². The average molecular weight is 507 g/mol. The highest BCUT2D eigenvalue weighted by atomic mass is 35.5. The first-order valence-electron chi connectivity index (χ1n) is 9.24. The zero-order chi connectivity index (χ0) is 23.7. The second kappa shape index (κ2) is 9.21. The Bertz CT molecular complexity index is 1200. The van der Waals surface area contributed by atoms with Crippen molar-refractivity contribution >= 4 is 44.6 Å². The van der Waals surface area contributed by atoms with E-state index in [1.54, 1.807) is 6.07 Å². The van der Waals surface area contributed by atoms with Crippen molar-refractivity contribution in [2.24, 2.45) is 0 Å². The maximum atomic E-state index is 13.1. The number of hydrogen-bond acceptors (Lipinski definition) is 7. The van der Waals surface area contributed by atoms with Gasteiger partial charge in [0.25, 0.3) is 0 Å². The Labute approximate surface area is 191 Å². The zero-order valence-electron chi connectivity index (χ0n) is 16.2. The fourth-order valence-corrected chi connectivity index (χ4v) is 5.77. The van der Waals surface area contributed by atoms with Crippen LogP contribution in [0.5, 0.6) is 0 Å². The number of nitriles is 1. The number of benzene rings is 1. The van der Waals surface area contributed by atoms with Crippen LogP contribution >= 0.6 is 23.2 Å². The smallest absolute Gasteiger partial charge is 0.355 e. The SMILES string of the molecule is N#Cc1ncc(C(=O)CCC(F)(F)F)c(N2CC[C@H](S(=O)(=O)c3cccc(Cl)c3Cl)C2)n1.